The maximum Gasteiger partial charge on any atom is 0.254 e. The van der Waals surface area contributed by atoms with Crippen LogP contribution in [-0.2, 0) is 9.05 Å². The lowest BCUT2D eigenvalue weighted by atomic mass is 9.99. The smallest absolute Gasteiger partial charge is 0.254 e. The SMILES string of the molecule is O=S(=O)(Cl)/C=C\C1CCNCC1. The summed E-state index contributed by atoms with van der Waals surface area (Å²) >= 11 is 0. The number of allylic oxidation sites excluding steroid dienone is 1. The Balaban J connectivity index is 2.44. The molecule has 1 rings (SSSR count). The molecule has 5 heteroatoms. The first-order valence-corrected chi connectivity index (χ1v) is 6.29. The summed E-state index contributed by atoms with van der Waals surface area (Å²) in [6, 6.07) is 0. The van der Waals surface area contributed by atoms with Crippen molar-refractivity contribution >= 4 is 19.7 Å². The molecule has 1 saturated heterocycles. The maximum atomic E-state index is 10.5. The van der Waals surface area contributed by atoms with E-state index in [0.717, 1.165) is 31.3 Å². The van der Waals surface area contributed by atoms with E-state index in [4.69, 9.17) is 10.7 Å². The molecular formula is C7H12ClNO2S. The van der Waals surface area contributed by atoms with Gasteiger partial charge in [-0.2, -0.15) is 0 Å². The minimum absolute atomic E-state index is 0.361. The fourth-order valence-electron chi connectivity index (χ4n) is 1.24. The van der Waals surface area contributed by atoms with Gasteiger partial charge in [0, 0.05) is 16.1 Å². The van der Waals surface area contributed by atoms with Crippen LogP contribution >= 0.6 is 10.7 Å². The Kier molecular flexibility index (Phi) is 3.55. The normalized spacial score (nSPS) is 21.8. The molecule has 12 heavy (non-hydrogen) atoms. The highest BCUT2D eigenvalue weighted by atomic mass is 35.7. The lowest BCUT2D eigenvalue weighted by Crippen LogP contribution is -2.26. The van der Waals surface area contributed by atoms with Crippen LogP contribution in [0.3, 0.4) is 0 Å². The van der Waals surface area contributed by atoms with Crippen molar-refractivity contribution in [2.24, 2.45) is 5.92 Å². The van der Waals surface area contributed by atoms with Gasteiger partial charge in [0.2, 0.25) is 0 Å². The van der Waals surface area contributed by atoms with E-state index < -0.39 is 9.05 Å². The zero-order valence-corrected chi connectivity index (χ0v) is 8.24. The third-order valence-corrected chi connectivity index (χ3v) is 2.69. The zero-order valence-electron chi connectivity index (χ0n) is 6.66. The van der Waals surface area contributed by atoms with E-state index in [2.05, 4.69) is 5.32 Å². The van der Waals surface area contributed by atoms with Gasteiger partial charge in [0.1, 0.15) is 0 Å². The van der Waals surface area contributed by atoms with Gasteiger partial charge in [-0.1, -0.05) is 6.08 Å². The average molecular weight is 210 g/mol. The van der Waals surface area contributed by atoms with Crippen molar-refractivity contribution in [3.05, 3.63) is 11.5 Å². The van der Waals surface area contributed by atoms with Crippen molar-refractivity contribution in [2.75, 3.05) is 13.1 Å². The van der Waals surface area contributed by atoms with Gasteiger partial charge in [-0.05, 0) is 31.8 Å². The molecule has 1 aliphatic rings. The second-order valence-corrected chi connectivity index (χ2v) is 5.41. The number of hydrogen-bond acceptors (Lipinski definition) is 3. The van der Waals surface area contributed by atoms with Gasteiger partial charge >= 0.3 is 0 Å². The average Bonchev–Trinajstić information content (AvgIpc) is 2.02. The Morgan fingerprint density at radius 3 is 2.42 bits per heavy atom. The van der Waals surface area contributed by atoms with Gasteiger partial charge in [-0.3, -0.25) is 0 Å². The van der Waals surface area contributed by atoms with E-state index in [9.17, 15) is 8.42 Å². The molecule has 0 unspecified atom stereocenters. The number of piperidine rings is 1. The van der Waals surface area contributed by atoms with Crippen LogP contribution in [0.25, 0.3) is 0 Å². The summed E-state index contributed by atoms with van der Waals surface area (Å²) in [4.78, 5) is 0. The zero-order chi connectivity index (χ0) is 9.03. The highest BCUT2D eigenvalue weighted by Crippen LogP contribution is 2.14. The van der Waals surface area contributed by atoms with Gasteiger partial charge in [-0.15, -0.1) is 0 Å². The second-order valence-electron chi connectivity index (χ2n) is 2.89. The van der Waals surface area contributed by atoms with Crippen molar-refractivity contribution in [2.45, 2.75) is 12.8 Å². The van der Waals surface area contributed by atoms with Crippen molar-refractivity contribution in [3.63, 3.8) is 0 Å². The van der Waals surface area contributed by atoms with Crippen LogP contribution in [0.15, 0.2) is 11.5 Å². The third kappa shape index (κ3) is 4.09. The van der Waals surface area contributed by atoms with E-state index in [1.165, 1.54) is 0 Å². The summed E-state index contributed by atoms with van der Waals surface area (Å²) in [6.45, 7) is 1.91. The number of nitrogens with one attached hydrogen (secondary N) is 1. The number of hydrogen-bond donors (Lipinski definition) is 1. The summed E-state index contributed by atoms with van der Waals surface area (Å²) in [6.07, 6.45) is 3.66. The Bertz CT molecular complexity index is 255. The molecule has 1 aliphatic heterocycles. The lowest BCUT2D eigenvalue weighted by molar-refractivity contribution is 0.437. The molecule has 1 heterocycles. The highest BCUT2D eigenvalue weighted by molar-refractivity contribution is 8.16. The number of halogens is 1. The van der Waals surface area contributed by atoms with E-state index in [1.54, 1.807) is 6.08 Å². The summed E-state index contributed by atoms with van der Waals surface area (Å²) in [5, 5.41) is 4.28. The molecule has 0 saturated carbocycles. The van der Waals surface area contributed by atoms with Crippen molar-refractivity contribution in [3.8, 4) is 0 Å². The van der Waals surface area contributed by atoms with Crippen LogP contribution in [0, 0.1) is 5.92 Å². The molecule has 0 aliphatic carbocycles. The minimum Gasteiger partial charge on any atom is -0.317 e. The van der Waals surface area contributed by atoms with Crippen LogP contribution in [0.5, 0.6) is 0 Å². The molecule has 0 bridgehead atoms. The molecule has 70 valence electrons. The van der Waals surface area contributed by atoms with Gasteiger partial charge in [0.05, 0.1) is 0 Å². The lowest BCUT2D eigenvalue weighted by Gasteiger charge is -2.18. The molecule has 0 radical (unpaired) electrons. The van der Waals surface area contributed by atoms with Crippen LogP contribution in [0.2, 0.25) is 0 Å². The monoisotopic (exact) mass is 209 g/mol. The van der Waals surface area contributed by atoms with Crippen LogP contribution < -0.4 is 5.32 Å². The van der Waals surface area contributed by atoms with E-state index >= 15 is 0 Å². The molecular weight excluding hydrogens is 198 g/mol. The standard InChI is InChI=1S/C7H12ClNO2S/c8-12(10,11)6-3-7-1-4-9-5-2-7/h3,6-7,9H,1-2,4-5H2/b6-3-. The summed E-state index contributed by atoms with van der Waals surface area (Å²) in [5.41, 5.74) is 0. The van der Waals surface area contributed by atoms with E-state index in [1.807, 2.05) is 0 Å². The first-order valence-electron chi connectivity index (χ1n) is 3.91. The van der Waals surface area contributed by atoms with E-state index in [-0.39, 0.29) is 0 Å². The van der Waals surface area contributed by atoms with E-state index in [0.29, 0.717) is 5.92 Å². The predicted octanol–water partition coefficient (Wildman–Crippen LogP) is 1.07. The molecule has 1 fully saturated rings. The molecule has 0 aromatic heterocycles. The maximum absolute atomic E-state index is 10.5. The van der Waals surface area contributed by atoms with Crippen LogP contribution in [-0.4, -0.2) is 21.5 Å². The quantitative estimate of drug-likeness (QED) is 0.693. The van der Waals surface area contributed by atoms with Gasteiger partial charge in [0.25, 0.3) is 9.05 Å². The fraction of sp³-hybridized carbons (Fsp3) is 0.714. The minimum atomic E-state index is -3.45. The van der Waals surface area contributed by atoms with Crippen LogP contribution in [0.4, 0.5) is 0 Å². The summed E-state index contributed by atoms with van der Waals surface area (Å²) in [5.74, 6) is 0.361. The number of rotatable bonds is 2. The first kappa shape index (κ1) is 10.0. The molecule has 0 aromatic carbocycles. The second kappa shape index (κ2) is 4.25. The molecule has 3 nitrogen and oxygen atoms in total. The molecule has 0 amide bonds. The van der Waals surface area contributed by atoms with Crippen molar-refractivity contribution in [1.29, 1.82) is 0 Å². The topological polar surface area (TPSA) is 46.2 Å². The molecule has 0 aromatic rings. The first-order chi connectivity index (χ1) is 5.58. The predicted molar refractivity (Wildman–Crippen MR) is 49.5 cm³/mol. The summed E-state index contributed by atoms with van der Waals surface area (Å²) in [7, 11) is 1.57. The Hall–Kier alpha value is -0.0600. The largest absolute Gasteiger partial charge is 0.317 e. The van der Waals surface area contributed by atoms with Gasteiger partial charge in [0.15, 0.2) is 0 Å². The highest BCUT2D eigenvalue weighted by Gasteiger charge is 2.10. The molecule has 0 spiro atoms. The van der Waals surface area contributed by atoms with Gasteiger partial charge in [-0.25, -0.2) is 8.42 Å². The molecule has 1 N–H and O–H groups in total. The van der Waals surface area contributed by atoms with Crippen molar-refractivity contribution in [1.82, 2.24) is 5.32 Å². The van der Waals surface area contributed by atoms with Crippen molar-refractivity contribution < 1.29 is 8.42 Å². The molecule has 0 atom stereocenters. The fourth-order valence-corrected chi connectivity index (χ4v) is 1.83. The van der Waals surface area contributed by atoms with Crippen LogP contribution in [0.1, 0.15) is 12.8 Å². The Morgan fingerprint density at radius 2 is 1.92 bits per heavy atom. The Labute approximate surface area is 77.2 Å². The Morgan fingerprint density at radius 1 is 1.33 bits per heavy atom. The van der Waals surface area contributed by atoms with Gasteiger partial charge < -0.3 is 5.32 Å². The summed E-state index contributed by atoms with van der Waals surface area (Å²) < 4.78 is 21.1. The third-order valence-electron chi connectivity index (χ3n) is 1.90.